The smallest absolute Gasteiger partial charge is 0.185 e. The molecule has 0 amide bonds. The van der Waals surface area contributed by atoms with Crippen molar-refractivity contribution in [2.24, 2.45) is 17.8 Å². The summed E-state index contributed by atoms with van der Waals surface area (Å²) in [5.74, 6) is 1.55. The van der Waals surface area contributed by atoms with Gasteiger partial charge in [-0.2, -0.15) is 0 Å². The van der Waals surface area contributed by atoms with Gasteiger partial charge in [-0.25, -0.2) is 0 Å². The van der Waals surface area contributed by atoms with Gasteiger partial charge in [-0.3, -0.25) is 9.59 Å². The van der Waals surface area contributed by atoms with Crippen molar-refractivity contribution >= 4 is 11.6 Å². The predicted octanol–water partition coefficient (Wildman–Crippen LogP) is 9.39. The lowest BCUT2D eigenvalue weighted by Gasteiger charge is -2.20. The Morgan fingerprint density at radius 2 is 1.09 bits per heavy atom. The Hall–Kier alpha value is -1.96. The third-order valence-electron chi connectivity index (χ3n) is 6.98. The van der Waals surface area contributed by atoms with Crippen LogP contribution in [0.1, 0.15) is 110 Å². The first-order chi connectivity index (χ1) is 14.9. The molecule has 0 N–H and O–H groups in total. The molecule has 0 unspecified atom stereocenters. The molecule has 0 saturated carbocycles. The fourth-order valence-corrected chi connectivity index (χ4v) is 3.35. The largest absolute Gasteiger partial charge is 0.289 e. The zero-order valence-electron chi connectivity index (χ0n) is 24.5. The zero-order chi connectivity index (χ0) is 26.8. The Bertz CT molecular complexity index is 849. The van der Waals surface area contributed by atoms with Crippen LogP contribution in [0.2, 0.25) is 0 Å². The summed E-state index contributed by atoms with van der Waals surface area (Å²) >= 11 is 0. The van der Waals surface area contributed by atoms with Crippen LogP contribution in [0.25, 0.3) is 0 Å². The van der Waals surface area contributed by atoms with Crippen molar-refractivity contribution in [3.05, 3.63) is 56.7 Å². The van der Waals surface area contributed by atoms with Crippen molar-refractivity contribution < 1.29 is 9.59 Å². The highest BCUT2D eigenvalue weighted by Crippen LogP contribution is 2.28. The van der Waals surface area contributed by atoms with Crippen LogP contribution in [0.5, 0.6) is 0 Å². The van der Waals surface area contributed by atoms with Gasteiger partial charge in [0.25, 0.3) is 0 Å². The Balaban J connectivity index is 0. The quantitative estimate of drug-likeness (QED) is 0.234. The van der Waals surface area contributed by atoms with E-state index in [0.717, 1.165) is 5.92 Å². The van der Waals surface area contributed by atoms with Crippen LogP contribution in [-0.2, 0) is 9.59 Å². The van der Waals surface area contributed by atoms with Crippen molar-refractivity contribution in [3.8, 4) is 0 Å². The van der Waals surface area contributed by atoms with Gasteiger partial charge in [-0.05, 0) is 85.1 Å². The molecule has 0 radical (unpaired) electrons. The molecular formula is C31H52O2. The Morgan fingerprint density at radius 1 is 0.697 bits per heavy atom. The number of hydrogen-bond acceptors (Lipinski definition) is 2. The van der Waals surface area contributed by atoms with Gasteiger partial charge in [-0.15, -0.1) is 0 Å². The number of allylic oxidation sites excluding steroid dienone is 9. The molecule has 0 aromatic rings. The molecule has 0 bridgehead atoms. The van der Waals surface area contributed by atoms with E-state index in [9.17, 15) is 9.59 Å². The minimum absolute atomic E-state index is 0.0193. The first-order valence-corrected chi connectivity index (χ1v) is 12.4. The molecular weight excluding hydrogens is 404 g/mol. The molecule has 0 fully saturated rings. The molecule has 1 aliphatic carbocycles. The molecule has 2 heteroatoms. The maximum absolute atomic E-state index is 11.9. The third-order valence-corrected chi connectivity index (χ3v) is 6.98. The summed E-state index contributed by atoms with van der Waals surface area (Å²) < 4.78 is 0. The number of carbonyl (C=O) groups excluding carboxylic acids is 2. The van der Waals surface area contributed by atoms with Gasteiger partial charge in [0.15, 0.2) is 11.6 Å². The summed E-state index contributed by atoms with van der Waals surface area (Å²) in [4.78, 5) is 23.6. The van der Waals surface area contributed by atoms with Gasteiger partial charge in [0.1, 0.15) is 0 Å². The second-order valence-corrected chi connectivity index (χ2v) is 10.3. The monoisotopic (exact) mass is 456 g/mol. The highest BCUT2D eigenvalue weighted by Gasteiger charge is 2.28. The molecule has 0 heterocycles. The summed E-state index contributed by atoms with van der Waals surface area (Å²) in [6, 6.07) is 0. The van der Waals surface area contributed by atoms with Gasteiger partial charge in [0.2, 0.25) is 0 Å². The molecule has 0 aromatic heterocycles. The van der Waals surface area contributed by atoms with Crippen LogP contribution >= 0.6 is 0 Å². The van der Waals surface area contributed by atoms with Crippen LogP contribution in [0.3, 0.4) is 0 Å². The number of rotatable bonds is 5. The minimum atomic E-state index is 0.0193. The van der Waals surface area contributed by atoms with Crippen molar-refractivity contribution in [1.82, 2.24) is 0 Å². The van der Waals surface area contributed by atoms with E-state index in [1.165, 1.54) is 23.1 Å². The van der Waals surface area contributed by atoms with Crippen LogP contribution < -0.4 is 0 Å². The maximum Gasteiger partial charge on any atom is 0.185 e. The first-order valence-electron chi connectivity index (χ1n) is 12.4. The SMILES string of the molecule is C=C(C)/C(C)=C(\C)C(C)C.CC/C(C)=C(\C)C(C)C.CC1=C(C)C(=O)C(C(C)C)=C(C)C1=O. The lowest BCUT2D eigenvalue weighted by molar-refractivity contribution is -0.116. The van der Waals surface area contributed by atoms with Gasteiger partial charge >= 0.3 is 0 Å². The summed E-state index contributed by atoms with van der Waals surface area (Å²) in [6.45, 7) is 34.9. The average molecular weight is 457 g/mol. The average Bonchev–Trinajstić information content (AvgIpc) is 2.74. The summed E-state index contributed by atoms with van der Waals surface area (Å²) in [6.07, 6.45) is 1.20. The van der Waals surface area contributed by atoms with E-state index in [0.29, 0.717) is 28.2 Å². The normalized spacial score (nSPS) is 15.8. The number of carbonyl (C=O) groups is 2. The van der Waals surface area contributed by atoms with E-state index in [4.69, 9.17) is 0 Å². The molecule has 0 saturated heterocycles. The topological polar surface area (TPSA) is 34.1 Å². The highest BCUT2D eigenvalue weighted by atomic mass is 16.1. The standard InChI is InChI=1S/C12H16O2.C10H18.C9H18/c1-6(2)10-9(5)11(13)7(3)8(4)12(10)14;1-7(2)9(5)10(6)8(3)4;1-6-8(4)9(5)7(2)3/h6H,1-5H3;8H,1H2,2-6H3;7H,6H2,1-5H3/b;10-9+;9-8+. The molecule has 0 spiro atoms. The molecule has 0 aliphatic heterocycles. The van der Waals surface area contributed by atoms with Gasteiger partial charge in [-0.1, -0.05) is 77.3 Å². The van der Waals surface area contributed by atoms with E-state index < -0.39 is 0 Å². The first kappa shape index (κ1) is 33.2. The maximum atomic E-state index is 11.9. The zero-order valence-corrected chi connectivity index (χ0v) is 24.5. The molecule has 1 aliphatic rings. The van der Waals surface area contributed by atoms with Gasteiger partial charge in [0.05, 0.1) is 0 Å². The third kappa shape index (κ3) is 10.2. The molecule has 1 rings (SSSR count). The van der Waals surface area contributed by atoms with Crippen molar-refractivity contribution in [1.29, 1.82) is 0 Å². The summed E-state index contributed by atoms with van der Waals surface area (Å²) in [5, 5.41) is 0. The van der Waals surface area contributed by atoms with Crippen LogP contribution in [0.15, 0.2) is 56.7 Å². The van der Waals surface area contributed by atoms with E-state index in [2.05, 4.69) is 75.8 Å². The van der Waals surface area contributed by atoms with Gasteiger partial charge in [0, 0.05) is 22.3 Å². The van der Waals surface area contributed by atoms with Crippen molar-refractivity contribution in [2.45, 2.75) is 110 Å². The number of ketones is 2. The Labute approximate surface area is 206 Å². The minimum Gasteiger partial charge on any atom is -0.289 e. The molecule has 2 nitrogen and oxygen atoms in total. The summed E-state index contributed by atoms with van der Waals surface area (Å²) in [5.41, 5.74) is 9.59. The van der Waals surface area contributed by atoms with Gasteiger partial charge < -0.3 is 0 Å². The fraction of sp³-hybridized carbons (Fsp3) is 0.613. The highest BCUT2D eigenvalue weighted by molar-refractivity contribution is 6.24. The van der Waals surface area contributed by atoms with Crippen molar-refractivity contribution in [2.75, 3.05) is 0 Å². The molecule has 0 atom stereocenters. The molecule has 33 heavy (non-hydrogen) atoms. The van der Waals surface area contributed by atoms with E-state index in [1.807, 2.05) is 13.8 Å². The van der Waals surface area contributed by atoms with Crippen LogP contribution in [-0.4, -0.2) is 11.6 Å². The predicted molar refractivity (Wildman–Crippen MR) is 147 cm³/mol. The van der Waals surface area contributed by atoms with Crippen molar-refractivity contribution in [3.63, 3.8) is 0 Å². The summed E-state index contributed by atoms with van der Waals surface area (Å²) in [7, 11) is 0. The van der Waals surface area contributed by atoms with Crippen LogP contribution in [0.4, 0.5) is 0 Å². The van der Waals surface area contributed by atoms with E-state index in [1.54, 1.807) is 31.9 Å². The number of Topliss-reactive ketones (excluding diaryl/α,β-unsaturated/α-hetero) is 2. The lowest BCUT2D eigenvalue weighted by atomic mass is 9.81. The van der Waals surface area contributed by atoms with E-state index in [-0.39, 0.29) is 17.5 Å². The van der Waals surface area contributed by atoms with E-state index >= 15 is 0 Å². The Morgan fingerprint density at radius 3 is 1.33 bits per heavy atom. The Kier molecular flexibility index (Phi) is 15.1. The number of hydrogen-bond donors (Lipinski definition) is 0. The molecule has 188 valence electrons. The lowest BCUT2D eigenvalue weighted by Crippen LogP contribution is -2.23. The molecule has 0 aromatic carbocycles. The van der Waals surface area contributed by atoms with Crippen LogP contribution in [0, 0.1) is 17.8 Å². The second-order valence-electron chi connectivity index (χ2n) is 10.3. The fourth-order valence-electron chi connectivity index (χ4n) is 3.35. The second kappa shape index (κ2) is 15.0.